The number of rotatable bonds is 6. The quantitative estimate of drug-likeness (QED) is 0.649. The first-order chi connectivity index (χ1) is 10.9. The highest BCUT2D eigenvalue weighted by Crippen LogP contribution is 2.25. The fourth-order valence-electron chi connectivity index (χ4n) is 2.02. The van der Waals surface area contributed by atoms with Gasteiger partial charge in [-0.3, -0.25) is 9.59 Å². The Balaban J connectivity index is 2.09. The van der Waals surface area contributed by atoms with E-state index >= 15 is 0 Å². The molecule has 1 amide bonds. The summed E-state index contributed by atoms with van der Waals surface area (Å²) in [5.41, 5.74) is 1.03. The van der Waals surface area contributed by atoms with Crippen LogP contribution in [-0.4, -0.2) is 31.7 Å². The van der Waals surface area contributed by atoms with Gasteiger partial charge in [-0.05, 0) is 39.8 Å². The van der Waals surface area contributed by atoms with Gasteiger partial charge in [-0.15, -0.1) is 10.2 Å². The van der Waals surface area contributed by atoms with Crippen LogP contribution in [-0.2, 0) is 4.79 Å². The summed E-state index contributed by atoms with van der Waals surface area (Å²) in [6.07, 6.45) is 1.66. The van der Waals surface area contributed by atoms with E-state index in [0.29, 0.717) is 16.4 Å². The maximum Gasteiger partial charge on any atom is 0.237 e. The van der Waals surface area contributed by atoms with Crippen molar-refractivity contribution in [1.29, 1.82) is 0 Å². The third-order valence-corrected chi connectivity index (χ3v) is 4.38. The summed E-state index contributed by atoms with van der Waals surface area (Å²) in [7, 11) is 0. The maximum absolute atomic E-state index is 12.4. The number of nitrogens with one attached hydrogen (secondary N) is 1. The molecule has 0 saturated heterocycles. The molecule has 1 heterocycles. The molecule has 0 aliphatic rings. The Kier molecular flexibility index (Phi) is 5.54. The highest BCUT2D eigenvalue weighted by molar-refractivity contribution is 8.00. The predicted octanol–water partition coefficient (Wildman–Crippen LogP) is 3.18. The number of nitrogens with zero attached hydrogens (tertiary/aromatic N) is 3. The molecule has 0 spiro atoms. The number of amides is 1. The van der Waals surface area contributed by atoms with E-state index in [9.17, 15) is 9.59 Å². The summed E-state index contributed by atoms with van der Waals surface area (Å²) < 4.78 is 1.91. The minimum absolute atomic E-state index is 0.0826. The van der Waals surface area contributed by atoms with E-state index in [1.54, 1.807) is 37.5 Å². The largest absolute Gasteiger partial charge is 0.324 e. The van der Waals surface area contributed by atoms with Crippen LogP contribution in [0.1, 0.15) is 44.1 Å². The monoisotopic (exact) mass is 332 g/mol. The molecule has 0 saturated carbocycles. The number of para-hydroxylation sites is 1. The second-order valence-electron chi connectivity index (χ2n) is 5.47. The van der Waals surface area contributed by atoms with Crippen LogP contribution in [0.25, 0.3) is 0 Å². The van der Waals surface area contributed by atoms with Crippen LogP contribution < -0.4 is 5.32 Å². The third kappa shape index (κ3) is 4.19. The molecule has 0 bridgehead atoms. The Morgan fingerprint density at radius 3 is 2.57 bits per heavy atom. The highest BCUT2D eigenvalue weighted by Gasteiger charge is 2.20. The van der Waals surface area contributed by atoms with Crippen LogP contribution >= 0.6 is 11.8 Å². The van der Waals surface area contributed by atoms with Gasteiger partial charge in [-0.1, -0.05) is 23.9 Å². The van der Waals surface area contributed by atoms with Gasteiger partial charge in [-0.2, -0.15) is 0 Å². The van der Waals surface area contributed by atoms with Gasteiger partial charge in [-0.25, -0.2) is 0 Å². The Bertz CT molecular complexity index is 712. The topological polar surface area (TPSA) is 76.9 Å². The molecule has 2 rings (SSSR count). The number of hydrogen-bond acceptors (Lipinski definition) is 5. The van der Waals surface area contributed by atoms with Crippen molar-refractivity contribution in [2.45, 2.75) is 44.1 Å². The van der Waals surface area contributed by atoms with Gasteiger partial charge in [0.2, 0.25) is 5.91 Å². The van der Waals surface area contributed by atoms with E-state index in [-0.39, 0.29) is 23.0 Å². The fourth-order valence-corrected chi connectivity index (χ4v) is 2.97. The van der Waals surface area contributed by atoms with E-state index < -0.39 is 0 Å². The van der Waals surface area contributed by atoms with Crippen LogP contribution in [0.2, 0.25) is 0 Å². The molecule has 23 heavy (non-hydrogen) atoms. The fraction of sp³-hybridized carbons (Fsp3) is 0.375. The zero-order valence-corrected chi connectivity index (χ0v) is 14.4. The Labute approximate surface area is 139 Å². The number of hydrogen-bond donors (Lipinski definition) is 1. The first-order valence-electron chi connectivity index (χ1n) is 7.37. The molecule has 1 aromatic heterocycles. The molecule has 1 aromatic carbocycles. The minimum Gasteiger partial charge on any atom is -0.324 e. The standard InChI is InChI=1S/C16H20N4O2S/c1-10(2)20-9-17-19-16(20)23-12(4)15(22)18-14-8-6-5-7-13(14)11(3)21/h5-10,12H,1-4H3,(H,18,22). The molecule has 0 radical (unpaired) electrons. The van der Waals surface area contributed by atoms with Crippen molar-refractivity contribution in [3.8, 4) is 0 Å². The summed E-state index contributed by atoms with van der Waals surface area (Å²) in [4.78, 5) is 24.0. The molecular weight excluding hydrogens is 312 g/mol. The number of thioether (sulfide) groups is 1. The van der Waals surface area contributed by atoms with Crippen LogP contribution in [0.3, 0.4) is 0 Å². The smallest absolute Gasteiger partial charge is 0.237 e. The Morgan fingerprint density at radius 2 is 1.91 bits per heavy atom. The van der Waals surface area contributed by atoms with Gasteiger partial charge in [0.15, 0.2) is 10.9 Å². The van der Waals surface area contributed by atoms with Crippen molar-refractivity contribution in [2.75, 3.05) is 5.32 Å². The number of carbonyl (C=O) groups is 2. The SMILES string of the molecule is CC(=O)c1ccccc1NC(=O)C(C)Sc1nncn1C(C)C. The lowest BCUT2D eigenvalue weighted by atomic mass is 10.1. The van der Waals surface area contributed by atoms with Crippen molar-refractivity contribution in [2.24, 2.45) is 0 Å². The van der Waals surface area contributed by atoms with Crippen molar-refractivity contribution in [1.82, 2.24) is 14.8 Å². The molecule has 0 aliphatic heterocycles. The zero-order chi connectivity index (χ0) is 17.0. The van der Waals surface area contributed by atoms with Gasteiger partial charge in [0.05, 0.1) is 10.9 Å². The van der Waals surface area contributed by atoms with Crippen molar-refractivity contribution in [3.63, 3.8) is 0 Å². The van der Waals surface area contributed by atoms with Gasteiger partial charge in [0.1, 0.15) is 6.33 Å². The lowest BCUT2D eigenvalue weighted by molar-refractivity contribution is -0.115. The molecule has 122 valence electrons. The summed E-state index contributed by atoms with van der Waals surface area (Å²) >= 11 is 1.34. The number of benzene rings is 1. The normalized spacial score (nSPS) is 12.2. The predicted molar refractivity (Wildman–Crippen MR) is 90.8 cm³/mol. The second kappa shape index (κ2) is 7.41. The molecule has 0 fully saturated rings. The maximum atomic E-state index is 12.4. The van der Waals surface area contributed by atoms with E-state index in [4.69, 9.17) is 0 Å². The van der Waals surface area contributed by atoms with Crippen LogP contribution in [0.5, 0.6) is 0 Å². The van der Waals surface area contributed by atoms with Gasteiger partial charge in [0.25, 0.3) is 0 Å². The number of ketones is 1. The minimum atomic E-state index is -0.364. The molecule has 6 nitrogen and oxygen atoms in total. The number of anilines is 1. The molecule has 1 unspecified atom stereocenters. The zero-order valence-electron chi connectivity index (χ0n) is 13.6. The van der Waals surface area contributed by atoms with Crippen molar-refractivity contribution in [3.05, 3.63) is 36.2 Å². The molecule has 0 aliphatic carbocycles. The summed E-state index contributed by atoms with van der Waals surface area (Å²) in [5.74, 6) is -0.261. The lowest BCUT2D eigenvalue weighted by Gasteiger charge is -2.15. The van der Waals surface area contributed by atoms with Crippen molar-refractivity contribution < 1.29 is 9.59 Å². The molecule has 7 heteroatoms. The van der Waals surface area contributed by atoms with E-state index in [1.807, 2.05) is 18.4 Å². The van der Waals surface area contributed by atoms with Crippen LogP contribution in [0.15, 0.2) is 35.7 Å². The van der Waals surface area contributed by atoms with E-state index in [1.165, 1.54) is 18.7 Å². The molecular formula is C16H20N4O2S. The number of aromatic nitrogens is 3. The molecule has 2 aromatic rings. The van der Waals surface area contributed by atoms with Gasteiger partial charge < -0.3 is 9.88 Å². The Morgan fingerprint density at radius 1 is 1.22 bits per heavy atom. The molecule has 1 N–H and O–H groups in total. The third-order valence-electron chi connectivity index (χ3n) is 3.31. The highest BCUT2D eigenvalue weighted by atomic mass is 32.2. The first kappa shape index (κ1) is 17.2. The number of Topliss-reactive ketones (excluding diaryl/α,β-unsaturated/α-hetero) is 1. The average Bonchev–Trinajstić information content (AvgIpc) is 2.95. The van der Waals surface area contributed by atoms with Crippen molar-refractivity contribution >= 4 is 29.1 Å². The first-order valence-corrected chi connectivity index (χ1v) is 8.25. The second-order valence-corrected chi connectivity index (χ2v) is 6.77. The van der Waals surface area contributed by atoms with Gasteiger partial charge >= 0.3 is 0 Å². The van der Waals surface area contributed by atoms with E-state index in [0.717, 1.165) is 0 Å². The van der Waals surface area contributed by atoms with Crippen LogP contribution in [0, 0.1) is 0 Å². The summed E-state index contributed by atoms with van der Waals surface area (Å²) in [5, 5.41) is 11.1. The van der Waals surface area contributed by atoms with E-state index in [2.05, 4.69) is 15.5 Å². The Hall–Kier alpha value is -2.15. The lowest BCUT2D eigenvalue weighted by Crippen LogP contribution is -2.24. The summed E-state index contributed by atoms with van der Waals surface area (Å²) in [6.45, 7) is 7.34. The summed E-state index contributed by atoms with van der Waals surface area (Å²) in [6, 6.07) is 7.21. The van der Waals surface area contributed by atoms with Crippen LogP contribution in [0.4, 0.5) is 5.69 Å². The van der Waals surface area contributed by atoms with Gasteiger partial charge in [0, 0.05) is 11.6 Å². The average molecular weight is 332 g/mol. The molecule has 1 atom stereocenters. The number of carbonyl (C=O) groups excluding carboxylic acids is 2.